The summed E-state index contributed by atoms with van der Waals surface area (Å²) < 4.78 is 0. The van der Waals surface area contributed by atoms with Crippen LogP contribution in [0.15, 0.2) is 30.3 Å². The Bertz CT molecular complexity index is 536. The highest BCUT2D eigenvalue weighted by atomic mass is 32.1. The Morgan fingerprint density at radius 1 is 1.19 bits per heavy atom. The molecule has 0 bridgehead atoms. The molecule has 1 aromatic heterocycles. The van der Waals surface area contributed by atoms with E-state index in [1.54, 1.807) is 11.3 Å². The van der Waals surface area contributed by atoms with Crippen molar-refractivity contribution in [3.05, 3.63) is 35.2 Å². The Hall–Kier alpha value is -1.39. The molecule has 0 atom stereocenters. The van der Waals surface area contributed by atoms with Crippen LogP contribution in [-0.2, 0) is 6.54 Å². The smallest absolute Gasteiger partial charge is 0.185 e. The van der Waals surface area contributed by atoms with Gasteiger partial charge in [-0.25, -0.2) is 4.98 Å². The molecule has 21 heavy (non-hydrogen) atoms. The number of nitrogens with one attached hydrogen (secondary N) is 1. The number of anilines is 1. The van der Waals surface area contributed by atoms with Crippen molar-refractivity contribution in [3.63, 3.8) is 0 Å². The molecule has 0 aliphatic rings. The molecular weight excluding hydrogens is 278 g/mol. The molecule has 0 aliphatic carbocycles. The van der Waals surface area contributed by atoms with Gasteiger partial charge in [-0.3, -0.25) is 0 Å². The van der Waals surface area contributed by atoms with Crippen molar-refractivity contribution in [3.8, 4) is 11.3 Å². The first-order chi connectivity index (χ1) is 10.3. The van der Waals surface area contributed by atoms with Crippen LogP contribution in [0.3, 0.4) is 0 Å². The first-order valence-electron chi connectivity index (χ1n) is 7.73. The van der Waals surface area contributed by atoms with Gasteiger partial charge in [0.25, 0.3) is 0 Å². The van der Waals surface area contributed by atoms with Crippen LogP contribution in [0.4, 0.5) is 5.13 Å². The topological polar surface area (TPSA) is 28.2 Å². The fourth-order valence-corrected chi connectivity index (χ4v) is 3.21. The van der Waals surface area contributed by atoms with E-state index < -0.39 is 0 Å². The van der Waals surface area contributed by atoms with E-state index in [2.05, 4.69) is 55.4 Å². The minimum Gasteiger partial charge on any atom is -0.351 e. The Morgan fingerprint density at radius 3 is 2.62 bits per heavy atom. The number of hydrogen-bond donors (Lipinski definition) is 1. The lowest BCUT2D eigenvalue weighted by atomic mass is 10.1. The second-order valence-electron chi connectivity index (χ2n) is 5.19. The normalized spacial score (nSPS) is 10.8. The molecule has 1 aromatic carbocycles. The largest absolute Gasteiger partial charge is 0.351 e. The highest BCUT2D eigenvalue weighted by molar-refractivity contribution is 7.16. The monoisotopic (exact) mass is 303 g/mol. The molecule has 0 aliphatic heterocycles. The molecule has 0 saturated heterocycles. The molecule has 1 heterocycles. The summed E-state index contributed by atoms with van der Waals surface area (Å²) in [6.45, 7) is 7.30. The minimum atomic E-state index is 0.889. The predicted molar refractivity (Wildman–Crippen MR) is 93.1 cm³/mol. The van der Waals surface area contributed by atoms with Crippen LogP contribution in [0.25, 0.3) is 11.3 Å². The van der Waals surface area contributed by atoms with Gasteiger partial charge in [0, 0.05) is 30.6 Å². The molecule has 114 valence electrons. The molecule has 0 saturated carbocycles. The molecule has 1 N–H and O–H groups in total. The fourth-order valence-electron chi connectivity index (χ4n) is 2.17. The highest BCUT2D eigenvalue weighted by Crippen LogP contribution is 2.32. The van der Waals surface area contributed by atoms with Crippen LogP contribution < -0.4 is 10.2 Å². The maximum atomic E-state index is 4.89. The zero-order valence-electron chi connectivity index (χ0n) is 13.2. The first kappa shape index (κ1) is 16.0. The van der Waals surface area contributed by atoms with E-state index in [0.717, 1.165) is 30.5 Å². The number of aromatic nitrogens is 1. The lowest BCUT2D eigenvalue weighted by Crippen LogP contribution is -2.17. The van der Waals surface area contributed by atoms with Crippen molar-refractivity contribution in [2.45, 2.75) is 33.2 Å². The van der Waals surface area contributed by atoms with Gasteiger partial charge in [0.15, 0.2) is 5.13 Å². The third-order valence-electron chi connectivity index (χ3n) is 3.44. The van der Waals surface area contributed by atoms with Crippen LogP contribution >= 0.6 is 11.3 Å². The summed E-state index contributed by atoms with van der Waals surface area (Å²) >= 11 is 1.81. The molecule has 3 nitrogen and oxygen atoms in total. The lowest BCUT2D eigenvalue weighted by molar-refractivity contribution is 0.735. The molecule has 0 amide bonds. The van der Waals surface area contributed by atoms with Gasteiger partial charge in [-0.1, -0.05) is 61.9 Å². The van der Waals surface area contributed by atoms with E-state index in [-0.39, 0.29) is 0 Å². The lowest BCUT2D eigenvalue weighted by Gasteiger charge is -2.14. The van der Waals surface area contributed by atoms with E-state index in [9.17, 15) is 0 Å². The number of nitrogens with zero attached hydrogens (tertiary/aromatic N) is 2. The second kappa shape index (κ2) is 8.15. The molecule has 0 spiro atoms. The molecule has 0 radical (unpaired) electrons. The van der Waals surface area contributed by atoms with E-state index in [1.165, 1.54) is 23.3 Å². The van der Waals surface area contributed by atoms with Crippen molar-refractivity contribution in [2.75, 3.05) is 25.0 Å². The summed E-state index contributed by atoms with van der Waals surface area (Å²) in [6, 6.07) is 10.5. The summed E-state index contributed by atoms with van der Waals surface area (Å²) in [4.78, 5) is 8.49. The van der Waals surface area contributed by atoms with Crippen LogP contribution in [0, 0.1) is 0 Å². The standard InChI is InChI=1S/C17H25N3S/c1-4-6-12-20(3)17-19-16(14-10-8-7-9-11-14)15(21-17)13-18-5-2/h7-11,18H,4-6,12-13H2,1-3H3. The van der Waals surface area contributed by atoms with Gasteiger partial charge in [0.1, 0.15) is 0 Å². The zero-order valence-corrected chi connectivity index (χ0v) is 14.0. The number of benzene rings is 1. The van der Waals surface area contributed by atoms with Gasteiger partial charge < -0.3 is 10.2 Å². The van der Waals surface area contributed by atoms with Crippen molar-refractivity contribution in [1.82, 2.24) is 10.3 Å². The maximum Gasteiger partial charge on any atom is 0.185 e. The van der Waals surface area contributed by atoms with E-state index >= 15 is 0 Å². The van der Waals surface area contributed by atoms with Gasteiger partial charge in [-0.15, -0.1) is 0 Å². The Labute approximate surface area is 132 Å². The van der Waals surface area contributed by atoms with Crippen molar-refractivity contribution in [1.29, 1.82) is 0 Å². The van der Waals surface area contributed by atoms with Crippen LogP contribution in [-0.4, -0.2) is 25.1 Å². The van der Waals surface area contributed by atoms with E-state index in [4.69, 9.17) is 4.98 Å². The maximum absolute atomic E-state index is 4.89. The average Bonchev–Trinajstić information content (AvgIpc) is 2.95. The summed E-state index contributed by atoms with van der Waals surface area (Å²) in [6.07, 6.45) is 2.42. The van der Waals surface area contributed by atoms with Crippen molar-refractivity contribution >= 4 is 16.5 Å². The van der Waals surface area contributed by atoms with E-state index in [1.807, 2.05) is 6.07 Å². The highest BCUT2D eigenvalue weighted by Gasteiger charge is 2.14. The van der Waals surface area contributed by atoms with E-state index in [0.29, 0.717) is 0 Å². The SMILES string of the molecule is CCCCN(C)c1nc(-c2ccccc2)c(CNCC)s1. The molecule has 4 heteroatoms. The third kappa shape index (κ3) is 4.29. The number of rotatable bonds is 8. The van der Waals surface area contributed by atoms with Gasteiger partial charge in [0.2, 0.25) is 0 Å². The third-order valence-corrected chi connectivity index (χ3v) is 4.61. The zero-order chi connectivity index (χ0) is 15.1. The Morgan fingerprint density at radius 2 is 1.95 bits per heavy atom. The Balaban J connectivity index is 2.26. The summed E-state index contributed by atoms with van der Waals surface area (Å²) in [5.41, 5.74) is 2.33. The van der Waals surface area contributed by atoms with Gasteiger partial charge >= 0.3 is 0 Å². The quantitative estimate of drug-likeness (QED) is 0.794. The van der Waals surface area contributed by atoms with Gasteiger partial charge in [0.05, 0.1) is 5.69 Å². The van der Waals surface area contributed by atoms with Gasteiger partial charge in [-0.05, 0) is 13.0 Å². The van der Waals surface area contributed by atoms with Crippen molar-refractivity contribution in [2.24, 2.45) is 0 Å². The van der Waals surface area contributed by atoms with Crippen LogP contribution in [0.5, 0.6) is 0 Å². The Kier molecular flexibility index (Phi) is 6.21. The summed E-state index contributed by atoms with van der Waals surface area (Å²) in [5.74, 6) is 0. The number of hydrogen-bond acceptors (Lipinski definition) is 4. The molecule has 0 fully saturated rings. The average molecular weight is 303 g/mol. The first-order valence-corrected chi connectivity index (χ1v) is 8.54. The number of thiazole rings is 1. The predicted octanol–water partition coefficient (Wildman–Crippen LogP) is 4.16. The molecule has 0 unspecified atom stereocenters. The summed E-state index contributed by atoms with van der Waals surface area (Å²) in [5, 5.41) is 4.54. The second-order valence-corrected chi connectivity index (χ2v) is 6.25. The summed E-state index contributed by atoms with van der Waals surface area (Å²) in [7, 11) is 2.14. The molecule has 2 aromatic rings. The van der Waals surface area contributed by atoms with Crippen molar-refractivity contribution < 1.29 is 0 Å². The van der Waals surface area contributed by atoms with Gasteiger partial charge in [-0.2, -0.15) is 0 Å². The number of unbranched alkanes of at least 4 members (excludes halogenated alkanes) is 1. The van der Waals surface area contributed by atoms with Crippen LogP contribution in [0.2, 0.25) is 0 Å². The fraction of sp³-hybridized carbons (Fsp3) is 0.471. The molecular formula is C17H25N3S. The minimum absolute atomic E-state index is 0.889. The molecule has 2 rings (SSSR count). The van der Waals surface area contributed by atoms with Crippen LogP contribution in [0.1, 0.15) is 31.6 Å².